The molecule has 4 rings (SSSR count). The molecule has 12 heteroatoms. The molecule has 0 unspecified atom stereocenters. The molecule has 0 fully saturated rings. The average molecular weight is 455 g/mol. The molecule has 0 bridgehead atoms. The third-order valence-corrected chi connectivity index (χ3v) is 4.47. The largest absolute Gasteiger partial charge is 0.573 e. The van der Waals surface area contributed by atoms with Crippen LogP contribution < -0.4 is 10.1 Å². The summed E-state index contributed by atoms with van der Waals surface area (Å²) in [5, 5.41) is 6.93. The van der Waals surface area contributed by atoms with Gasteiger partial charge >= 0.3 is 6.36 Å². The highest BCUT2D eigenvalue weighted by Crippen LogP contribution is 2.26. The molecule has 33 heavy (non-hydrogen) atoms. The second-order valence-electron chi connectivity index (χ2n) is 6.81. The van der Waals surface area contributed by atoms with E-state index in [1.807, 2.05) is 0 Å². The highest BCUT2D eigenvalue weighted by molar-refractivity contribution is 5.95. The fourth-order valence-corrected chi connectivity index (χ4v) is 3.02. The monoisotopic (exact) mass is 455 g/mol. The van der Waals surface area contributed by atoms with Crippen LogP contribution >= 0.6 is 0 Å². The predicted octanol–water partition coefficient (Wildman–Crippen LogP) is 3.51. The number of amides is 1. The molecule has 168 valence electrons. The molecule has 1 amide bonds. The van der Waals surface area contributed by atoms with Crippen molar-refractivity contribution in [2.75, 3.05) is 0 Å². The zero-order chi connectivity index (χ0) is 23.4. The van der Waals surface area contributed by atoms with Gasteiger partial charge in [0.2, 0.25) is 0 Å². The van der Waals surface area contributed by atoms with Gasteiger partial charge in [0, 0.05) is 30.4 Å². The van der Waals surface area contributed by atoms with Crippen LogP contribution in [-0.2, 0) is 0 Å². The number of alkyl halides is 3. The number of halogens is 3. The molecule has 1 aromatic carbocycles. The van der Waals surface area contributed by atoms with E-state index in [2.05, 4.69) is 35.1 Å². The number of hydrogen-bond acceptors (Lipinski definition) is 7. The minimum Gasteiger partial charge on any atom is -0.406 e. The Bertz CT molecular complexity index is 1240. The van der Waals surface area contributed by atoms with E-state index in [1.165, 1.54) is 47.7 Å². The van der Waals surface area contributed by atoms with Gasteiger partial charge in [0.05, 0.1) is 11.6 Å². The zero-order valence-electron chi connectivity index (χ0n) is 17.1. The SMILES string of the molecule is C[C@@H](NC(=O)c1cncc(-c2ccc(OC(F)(F)F)cc2)c1)c1ncnn1-c1ncccn1. The van der Waals surface area contributed by atoms with E-state index in [0.29, 0.717) is 22.9 Å². The molecule has 3 heterocycles. The van der Waals surface area contributed by atoms with Gasteiger partial charge < -0.3 is 10.1 Å². The first kappa shape index (κ1) is 21.9. The van der Waals surface area contributed by atoms with Gasteiger partial charge in [0.1, 0.15) is 12.1 Å². The third-order valence-electron chi connectivity index (χ3n) is 4.47. The van der Waals surface area contributed by atoms with Crippen LogP contribution in [-0.4, -0.2) is 42.0 Å². The topological polar surface area (TPSA) is 108 Å². The van der Waals surface area contributed by atoms with E-state index < -0.39 is 18.3 Å². The van der Waals surface area contributed by atoms with Crippen LogP contribution in [0.5, 0.6) is 5.75 Å². The van der Waals surface area contributed by atoms with Crippen molar-refractivity contribution in [2.45, 2.75) is 19.3 Å². The van der Waals surface area contributed by atoms with Crippen molar-refractivity contribution >= 4 is 5.91 Å². The number of nitrogens with one attached hydrogen (secondary N) is 1. The predicted molar refractivity (Wildman–Crippen MR) is 109 cm³/mol. The van der Waals surface area contributed by atoms with Crippen LogP contribution in [0.15, 0.2) is 67.5 Å². The summed E-state index contributed by atoms with van der Waals surface area (Å²) in [4.78, 5) is 29.3. The lowest BCUT2D eigenvalue weighted by molar-refractivity contribution is -0.274. The maximum absolute atomic E-state index is 12.8. The van der Waals surface area contributed by atoms with Crippen molar-refractivity contribution in [1.82, 2.24) is 35.0 Å². The summed E-state index contributed by atoms with van der Waals surface area (Å²) < 4.78 is 42.3. The standard InChI is InChI=1S/C21H16F3N7O2/c1-13(18-28-12-29-31(18)20-26-7-2-8-27-20)30-19(32)16-9-15(10-25-11-16)14-3-5-17(6-4-14)33-21(22,23)24/h2-13H,1H3,(H,30,32)/t13-/m1/s1. The van der Waals surface area contributed by atoms with Gasteiger partial charge in [0.15, 0.2) is 5.82 Å². The normalized spacial score (nSPS) is 12.2. The van der Waals surface area contributed by atoms with Crippen molar-refractivity contribution in [3.05, 3.63) is 78.9 Å². The molecule has 9 nitrogen and oxygen atoms in total. The van der Waals surface area contributed by atoms with Gasteiger partial charge in [-0.05, 0) is 36.8 Å². The van der Waals surface area contributed by atoms with Gasteiger partial charge in [-0.15, -0.1) is 13.2 Å². The van der Waals surface area contributed by atoms with Crippen LogP contribution in [0.25, 0.3) is 17.1 Å². The lowest BCUT2D eigenvalue weighted by Gasteiger charge is -2.14. The van der Waals surface area contributed by atoms with Gasteiger partial charge in [-0.3, -0.25) is 9.78 Å². The molecule has 0 aliphatic heterocycles. The zero-order valence-corrected chi connectivity index (χ0v) is 17.1. The van der Waals surface area contributed by atoms with Crippen molar-refractivity contribution in [1.29, 1.82) is 0 Å². The Morgan fingerprint density at radius 2 is 1.79 bits per heavy atom. The minimum atomic E-state index is -4.77. The first-order valence-corrected chi connectivity index (χ1v) is 9.59. The molecule has 3 aromatic heterocycles. The number of rotatable bonds is 6. The number of benzene rings is 1. The molecule has 0 aliphatic carbocycles. The first-order chi connectivity index (χ1) is 15.8. The molecule has 1 N–H and O–H groups in total. The molecular weight excluding hydrogens is 439 g/mol. The molecule has 0 saturated heterocycles. The van der Waals surface area contributed by atoms with Crippen molar-refractivity contribution in [3.8, 4) is 22.8 Å². The summed E-state index contributed by atoms with van der Waals surface area (Å²) in [5.41, 5.74) is 1.38. The number of hydrogen-bond donors (Lipinski definition) is 1. The average Bonchev–Trinajstić information content (AvgIpc) is 3.29. The maximum Gasteiger partial charge on any atom is 0.573 e. The Balaban J connectivity index is 1.49. The van der Waals surface area contributed by atoms with Crippen LogP contribution in [0, 0.1) is 0 Å². The lowest BCUT2D eigenvalue weighted by atomic mass is 10.1. The Hall–Kier alpha value is -4.35. The number of nitrogens with zero attached hydrogens (tertiary/aromatic N) is 6. The number of ether oxygens (including phenoxy) is 1. The van der Waals surface area contributed by atoms with E-state index in [0.717, 1.165) is 0 Å². The minimum absolute atomic E-state index is 0.261. The van der Waals surface area contributed by atoms with Crippen LogP contribution in [0.3, 0.4) is 0 Å². The summed E-state index contributed by atoms with van der Waals surface area (Å²) in [6, 6.07) is 8.00. The Morgan fingerprint density at radius 1 is 1.06 bits per heavy atom. The van der Waals surface area contributed by atoms with Crippen LogP contribution in [0.4, 0.5) is 13.2 Å². The quantitative estimate of drug-likeness (QED) is 0.474. The fraction of sp³-hybridized carbons (Fsp3) is 0.143. The van der Waals surface area contributed by atoms with E-state index in [9.17, 15) is 18.0 Å². The van der Waals surface area contributed by atoms with Gasteiger partial charge in [0.25, 0.3) is 11.9 Å². The smallest absolute Gasteiger partial charge is 0.406 e. The lowest BCUT2D eigenvalue weighted by Crippen LogP contribution is -2.29. The first-order valence-electron chi connectivity index (χ1n) is 9.59. The van der Waals surface area contributed by atoms with E-state index in [1.54, 1.807) is 31.5 Å². The molecule has 1 atom stereocenters. The number of pyridine rings is 1. The number of carbonyl (C=O) groups excluding carboxylic acids is 1. The van der Waals surface area contributed by atoms with E-state index >= 15 is 0 Å². The van der Waals surface area contributed by atoms with Crippen molar-refractivity contribution in [2.24, 2.45) is 0 Å². The van der Waals surface area contributed by atoms with Gasteiger partial charge in [-0.25, -0.2) is 15.0 Å². The van der Waals surface area contributed by atoms with Crippen molar-refractivity contribution in [3.63, 3.8) is 0 Å². The van der Waals surface area contributed by atoms with E-state index in [-0.39, 0.29) is 11.3 Å². The fourth-order valence-electron chi connectivity index (χ4n) is 3.02. The molecular formula is C21H16F3N7O2. The Kier molecular flexibility index (Phi) is 5.98. The molecule has 0 spiro atoms. The highest BCUT2D eigenvalue weighted by Gasteiger charge is 2.31. The summed E-state index contributed by atoms with van der Waals surface area (Å²) in [6.45, 7) is 1.73. The summed E-state index contributed by atoms with van der Waals surface area (Å²) >= 11 is 0. The van der Waals surface area contributed by atoms with Gasteiger partial charge in [-0.1, -0.05) is 12.1 Å². The second-order valence-corrected chi connectivity index (χ2v) is 6.81. The second kappa shape index (κ2) is 9.02. The highest BCUT2D eigenvalue weighted by atomic mass is 19.4. The molecule has 0 aliphatic rings. The number of aromatic nitrogens is 6. The van der Waals surface area contributed by atoms with Gasteiger partial charge in [-0.2, -0.15) is 9.78 Å². The van der Waals surface area contributed by atoms with Crippen LogP contribution in [0.1, 0.15) is 29.1 Å². The molecule has 0 saturated carbocycles. The summed E-state index contributed by atoms with van der Waals surface area (Å²) in [5.74, 6) is -0.0162. The number of carbonyl (C=O) groups is 1. The molecule has 4 aromatic rings. The maximum atomic E-state index is 12.8. The summed E-state index contributed by atoms with van der Waals surface area (Å²) in [6.07, 6.45) is 2.59. The Labute approximate surface area is 185 Å². The molecule has 0 radical (unpaired) electrons. The summed E-state index contributed by atoms with van der Waals surface area (Å²) in [7, 11) is 0. The Morgan fingerprint density at radius 3 is 2.48 bits per heavy atom. The van der Waals surface area contributed by atoms with Crippen molar-refractivity contribution < 1.29 is 22.7 Å². The van der Waals surface area contributed by atoms with E-state index in [4.69, 9.17) is 0 Å². The van der Waals surface area contributed by atoms with Crippen LogP contribution in [0.2, 0.25) is 0 Å². The third kappa shape index (κ3) is 5.29.